The fourth-order valence-corrected chi connectivity index (χ4v) is 3.67. The summed E-state index contributed by atoms with van der Waals surface area (Å²) in [5.41, 5.74) is -1.49. The Labute approximate surface area is 189 Å². The molecule has 1 amide bonds. The lowest BCUT2D eigenvalue weighted by molar-refractivity contribution is -0.137. The van der Waals surface area contributed by atoms with Crippen LogP contribution in [0.3, 0.4) is 0 Å². The van der Waals surface area contributed by atoms with Crippen molar-refractivity contribution in [3.05, 3.63) is 92.5 Å². The molecule has 2 heterocycles. The number of nitrogens with one attached hydrogen (secondary N) is 1. The summed E-state index contributed by atoms with van der Waals surface area (Å²) in [6, 6.07) is 10.3. The number of halogens is 4. The normalized spacial score (nSPS) is 11.7. The summed E-state index contributed by atoms with van der Waals surface area (Å²) in [6.45, 7) is 1.13. The third-order valence-corrected chi connectivity index (χ3v) is 5.43. The summed E-state index contributed by atoms with van der Waals surface area (Å²) in [5, 5.41) is 2.36. The maximum atomic E-state index is 13.4. The van der Waals surface area contributed by atoms with E-state index in [2.05, 4.69) is 5.32 Å². The van der Waals surface area contributed by atoms with Crippen LogP contribution in [0.5, 0.6) is 0 Å². The molecule has 0 radical (unpaired) electrons. The lowest BCUT2D eigenvalue weighted by Crippen LogP contribution is -2.41. The number of hydrogen-bond acceptors (Lipinski definition) is 3. The number of aromatic nitrogens is 3. The van der Waals surface area contributed by atoms with E-state index in [1.54, 1.807) is 24.6 Å². The van der Waals surface area contributed by atoms with Gasteiger partial charge in [0.15, 0.2) is 0 Å². The molecular weight excluding hydrogens is 456 g/mol. The van der Waals surface area contributed by atoms with Crippen molar-refractivity contribution >= 4 is 22.6 Å². The standard InChI is InChI=1S/C23H18F4N4O3/c1-13-10-18-20(29(13)2)21(33)31(17-8-6-15(24)7-9-17)22(34)30(18)12-19(32)28-16-5-3-4-14(11-16)23(25,26)27/h3-11H,12H2,1-2H3,(H,28,32). The molecule has 176 valence electrons. The molecule has 0 unspecified atom stereocenters. The Morgan fingerprint density at radius 2 is 1.71 bits per heavy atom. The first-order chi connectivity index (χ1) is 16.0. The summed E-state index contributed by atoms with van der Waals surface area (Å²) in [6.07, 6.45) is -4.59. The molecule has 0 bridgehead atoms. The van der Waals surface area contributed by atoms with E-state index < -0.39 is 41.3 Å². The molecule has 2 aromatic carbocycles. The zero-order valence-corrected chi connectivity index (χ0v) is 18.0. The molecule has 7 nitrogen and oxygen atoms in total. The zero-order chi connectivity index (χ0) is 24.8. The van der Waals surface area contributed by atoms with Gasteiger partial charge in [0.25, 0.3) is 5.56 Å². The average molecular weight is 474 g/mol. The highest BCUT2D eigenvalue weighted by molar-refractivity contribution is 5.91. The van der Waals surface area contributed by atoms with Gasteiger partial charge in [0.1, 0.15) is 17.9 Å². The molecule has 0 aliphatic heterocycles. The van der Waals surface area contributed by atoms with E-state index in [0.717, 1.165) is 39.5 Å². The highest BCUT2D eigenvalue weighted by Crippen LogP contribution is 2.30. The van der Waals surface area contributed by atoms with Gasteiger partial charge in [-0.3, -0.25) is 14.2 Å². The van der Waals surface area contributed by atoms with Crippen LogP contribution in [0, 0.1) is 12.7 Å². The second-order valence-corrected chi connectivity index (χ2v) is 7.69. The van der Waals surface area contributed by atoms with Crippen LogP contribution in [0.1, 0.15) is 11.3 Å². The highest BCUT2D eigenvalue weighted by atomic mass is 19.4. The van der Waals surface area contributed by atoms with Crippen molar-refractivity contribution in [3.63, 3.8) is 0 Å². The van der Waals surface area contributed by atoms with Crippen LogP contribution in [0.4, 0.5) is 23.2 Å². The predicted octanol–water partition coefficient (Wildman–Crippen LogP) is 3.60. The molecule has 34 heavy (non-hydrogen) atoms. The van der Waals surface area contributed by atoms with Gasteiger partial charge in [-0.05, 0) is 55.5 Å². The second-order valence-electron chi connectivity index (χ2n) is 7.69. The number of hydrogen-bond donors (Lipinski definition) is 1. The Morgan fingerprint density at radius 1 is 1.03 bits per heavy atom. The molecule has 1 N–H and O–H groups in total. The number of rotatable bonds is 4. The van der Waals surface area contributed by atoms with Crippen molar-refractivity contribution in [3.8, 4) is 5.69 Å². The molecule has 0 aliphatic carbocycles. The lowest BCUT2D eigenvalue weighted by Gasteiger charge is -2.14. The minimum Gasteiger partial charge on any atom is -0.342 e. The number of alkyl halides is 3. The number of amides is 1. The molecule has 11 heteroatoms. The lowest BCUT2D eigenvalue weighted by atomic mass is 10.2. The van der Waals surface area contributed by atoms with E-state index >= 15 is 0 Å². The maximum absolute atomic E-state index is 13.4. The summed E-state index contributed by atoms with van der Waals surface area (Å²) < 4.78 is 55.7. The molecular formula is C23H18F4N4O3. The first-order valence-electron chi connectivity index (χ1n) is 10.0. The van der Waals surface area contributed by atoms with Crippen LogP contribution in [-0.4, -0.2) is 19.6 Å². The van der Waals surface area contributed by atoms with Gasteiger partial charge in [-0.25, -0.2) is 13.8 Å². The Hall–Kier alpha value is -4.15. The van der Waals surface area contributed by atoms with Gasteiger partial charge >= 0.3 is 11.9 Å². The Kier molecular flexibility index (Phi) is 5.64. The Morgan fingerprint density at radius 3 is 2.35 bits per heavy atom. The van der Waals surface area contributed by atoms with Crippen LogP contribution in [0.15, 0.2) is 64.2 Å². The summed E-state index contributed by atoms with van der Waals surface area (Å²) in [4.78, 5) is 39.1. The summed E-state index contributed by atoms with van der Waals surface area (Å²) >= 11 is 0. The first-order valence-corrected chi connectivity index (χ1v) is 10.0. The molecule has 2 aromatic heterocycles. The number of anilines is 1. The van der Waals surface area contributed by atoms with Crippen molar-refractivity contribution in [2.45, 2.75) is 19.6 Å². The first kappa shape index (κ1) is 23.0. The quantitative estimate of drug-likeness (QED) is 0.459. The average Bonchev–Trinajstić information content (AvgIpc) is 3.06. The number of benzene rings is 2. The summed E-state index contributed by atoms with van der Waals surface area (Å²) in [7, 11) is 1.62. The highest BCUT2D eigenvalue weighted by Gasteiger charge is 2.30. The van der Waals surface area contributed by atoms with Crippen LogP contribution < -0.4 is 16.6 Å². The minimum absolute atomic E-state index is 0.0970. The Bertz CT molecular complexity index is 1530. The molecule has 0 saturated carbocycles. The molecule has 0 spiro atoms. The molecule has 0 saturated heterocycles. The van der Waals surface area contributed by atoms with Gasteiger partial charge in [0.05, 0.1) is 16.8 Å². The van der Waals surface area contributed by atoms with Crippen molar-refractivity contribution < 1.29 is 22.4 Å². The monoisotopic (exact) mass is 474 g/mol. The van der Waals surface area contributed by atoms with Gasteiger partial charge in [-0.15, -0.1) is 0 Å². The maximum Gasteiger partial charge on any atom is 0.416 e. The van der Waals surface area contributed by atoms with E-state index in [9.17, 15) is 31.9 Å². The molecule has 0 atom stereocenters. The molecule has 4 rings (SSSR count). The smallest absolute Gasteiger partial charge is 0.342 e. The van der Waals surface area contributed by atoms with Gasteiger partial charge in [0, 0.05) is 18.4 Å². The largest absolute Gasteiger partial charge is 0.416 e. The van der Waals surface area contributed by atoms with Crippen LogP contribution >= 0.6 is 0 Å². The van der Waals surface area contributed by atoms with Crippen molar-refractivity contribution in [2.24, 2.45) is 7.05 Å². The second kappa shape index (κ2) is 8.32. The summed E-state index contributed by atoms with van der Waals surface area (Å²) in [5.74, 6) is -1.33. The van der Waals surface area contributed by atoms with Crippen molar-refractivity contribution in [2.75, 3.05) is 5.32 Å². The molecule has 4 aromatic rings. The van der Waals surface area contributed by atoms with E-state index in [4.69, 9.17) is 0 Å². The van der Waals surface area contributed by atoms with Gasteiger partial charge < -0.3 is 9.88 Å². The van der Waals surface area contributed by atoms with E-state index in [1.165, 1.54) is 18.2 Å². The fourth-order valence-electron chi connectivity index (χ4n) is 3.67. The van der Waals surface area contributed by atoms with Crippen LogP contribution in [0.2, 0.25) is 0 Å². The molecule has 0 aliphatic rings. The Balaban J connectivity index is 1.80. The zero-order valence-electron chi connectivity index (χ0n) is 18.0. The third-order valence-electron chi connectivity index (χ3n) is 5.43. The van der Waals surface area contributed by atoms with Crippen LogP contribution in [-0.2, 0) is 24.6 Å². The van der Waals surface area contributed by atoms with Crippen LogP contribution in [0.25, 0.3) is 16.7 Å². The number of fused-ring (bicyclic) bond motifs is 1. The van der Waals surface area contributed by atoms with Crippen molar-refractivity contribution in [1.82, 2.24) is 13.7 Å². The van der Waals surface area contributed by atoms with E-state index in [-0.39, 0.29) is 22.4 Å². The van der Waals surface area contributed by atoms with E-state index in [0.29, 0.717) is 5.69 Å². The minimum atomic E-state index is -4.59. The number of aryl methyl sites for hydroxylation is 2. The SMILES string of the molecule is Cc1cc2c(c(=O)n(-c3ccc(F)cc3)c(=O)n2CC(=O)Nc2cccc(C(F)(F)F)c2)n1C. The van der Waals surface area contributed by atoms with Crippen molar-refractivity contribution in [1.29, 1.82) is 0 Å². The third kappa shape index (κ3) is 4.12. The fraction of sp³-hybridized carbons (Fsp3) is 0.174. The topological polar surface area (TPSA) is 78.0 Å². The van der Waals surface area contributed by atoms with Gasteiger partial charge in [-0.1, -0.05) is 6.07 Å². The number of carbonyl (C=O) groups excluding carboxylic acids is 1. The van der Waals surface area contributed by atoms with E-state index in [1.807, 2.05) is 0 Å². The van der Waals surface area contributed by atoms with Gasteiger partial charge in [-0.2, -0.15) is 13.2 Å². The molecule has 0 fully saturated rings. The predicted molar refractivity (Wildman–Crippen MR) is 118 cm³/mol. The number of carbonyl (C=O) groups is 1. The van der Waals surface area contributed by atoms with Gasteiger partial charge in [0.2, 0.25) is 5.91 Å². The number of nitrogens with zero attached hydrogens (tertiary/aromatic N) is 3.